The number of piperidine rings is 1. The zero-order valence-electron chi connectivity index (χ0n) is 16.5. The Kier molecular flexibility index (Phi) is 4.89. The number of H-pyrrole nitrogens is 1. The number of aryl methyl sites for hydroxylation is 3. The van der Waals surface area contributed by atoms with Crippen LogP contribution in [0.1, 0.15) is 47.0 Å². The minimum atomic E-state index is -0.310. The zero-order valence-corrected chi connectivity index (χ0v) is 16.5. The lowest BCUT2D eigenvalue weighted by Gasteiger charge is -2.32. The van der Waals surface area contributed by atoms with Gasteiger partial charge in [-0.25, -0.2) is 9.78 Å². The molecule has 146 valence electrons. The van der Waals surface area contributed by atoms with E-state index < -0.39 is 0 Å². The number of fused-ring (bicyclic) bond motifs is 1. The highest BCUT2D eigenvalue weighted by Crippen LogP contribution is 2.28. The highest BCUT2D eigenvalue weighted by atomic mass is 16.4. The molecule has 0 bridgehead atoms. The van der Waals surface area contributed by atoms with Crippen LogP contribution in [0.5, 0.6) is 0 Å². The molecule has 2 aromatic heterocycles. The molecule has 0 radical (unpaired) electrons. The van der Waals surface area contributed by atoms with Crippen LogP contribution in [-0.2, 0) is 6.54 Å². The van der Waals surface area contributed by atoms with E-state index in [0.717, 1.165) is 53.7 Å². The number of aromatic nitrogens is 2. The second-order valence-electron chi connectivity index (χ2n) is 7.88. The molecule has 1 N–H and O–H groups in total. The number of hydrogen-bond acceptors (Lipinski definition) is 5. The van der Waals surface area contributed by atoms with Crippen LogP contribution in [0.3, 0.4) is 0 Å². The Bertz CT molecular complexity index is 1150. The summed E-state index contributed by atoms with van der Waals surface area (Å²) in [7, 11) is 0. The maximum absolute atomic E-state index is 12.1. The average molecular weight is 379 g/mol. The predicted octanol–water partition coefficient (Wildman–Crippen LogP) is 3.18. The van der Waals surface area contributed by atoms with Gasteiger partial charge in [0.05, 0.1) is 5.69 Å². The fourth-order valence-corrected chi connectivity index (χ4v) is 4.30. The maximum atomic E-state index is 12.1. The van der Waals surface area contributed by atoms with Crippen LogP contribution in [0, 0.1) is 20.8 Å². The molecule has 4 rings (SSSR count). The van der Waals surface area contributed by atoms with Crippen molar-refractivity contribution in [3.05, 3.63) is 73.2 Å². The Morgan fingerprint density at radius 3 is 2.79 bits per heavy atom. The first kappa shape index (κ1) is 18.6. The third-order valence-electron chi connectivity index (χ3n) is 5.46. The molecule has 1 aromatic carbocycles. The lowest BCUT2D eigenvalue weighted by atomic mass is 9.93. The summed E-state index contributed by atoms with van der Waals surface area (Å²) >= 11 is 0. The molecule has 1 atom stereocenters. The van der Waals surface area contributed by atoms with Gasteiger partial charge in [0, 0.05) is 36.5 Å². The normalized spacial score (nSPS) is 17.9. The predicted molar refractivity (Wildman–Crippen MR) is 109 cm³/mol. The van der Waals surface area contributed by atoms with E-state index in [1.54, 1.807) is 12.1 Å². The summed E-state index contributed by atoms with van der Waals surface area (Å²) in [4.78, 5) is 33.5. The fourth-order valence-electron chi connectivity index (χ4n) is 4.30. The Balaban J connectivity index is 1.64. The lowest BCUT2D eigenvalue weighted by molar-refractivity contribution is 0.198. The quantitative estimate of drug-likeness (QED) is 0.707. The largest absolute Gasteiger partial charge is 0.422 e. The number of rotatable bonds is 3. The van der Waals surface area contributed by atoms with Gasteiger partial charge in [0.2, 0.25) is 0 Å². The van der Waals surface area contributed by atoms with Gasteiger partial charge in [0.15, 0.2) is 0 Å². The van der Waals surface area contributed by atoms with E-state index in [1.165, 1.54) is 0 Å². The minimum Gasteiger partial charge on any atom is -0.422 e. The molecule has 1 aliphatic heterocycles. The first-order valence-corrected chi connectivity index (χ1v) is 9.73. The van der Waals surface area contributed by atoms with Gasteiger partial charge >= 0.3 is 5.63 Å². The van der Waals surface area contributed by atoms with Crippen molar-refractivity contribution in [1.82, 2.24) is 14.9 Å². The van der Waals surface area contributed by atoms with Crippen molar-refractivity contribution in [1.29, 1.82) is 0 Å². The number of aromatic amines is 1. The van der Waals surface area contributed by atoms with Crippen molar-refractivity contribution in [2.45, 2.75) is 46.1 Å². The van der Waals surface area contributed by atoms with E-state index in [1.807, 2.05) is 19.9 Å². The molecule has 0 saturated carbocycles. The number of nitrogens with one attached hydrogen (secondary N) is 1. The Labute approximate surface area is 163 Å². The van der Waals surface area contributed by atoms with Gasteiger partial charge in [-0.2, -0.15) is 0 Å². The van der Waals surface area contributed by atoms with Gasteiger partial charge < -0.3 is 9.40 Å². The number of likely N-dealkylation sites (tertiary alicyclic amines) is 1. The molecular weight excluding hydrogens is 354 g/mol. The van der Waals surface area contributed by atoms with Gasteiger partial charge in [-0.1, -0.05) is 6.07 Å². The molecule has 0 spiro atoms. The molecule has 0 aliphatic carbocycles. The average Bonchev–Trinajstić information content (AvgIpc) is 2.62. The van der Waals surface area contributed by atoms with Crippen molar-refractivity contribution >= 4 is 11.0 Å². The van der Waals surface area contributed by atoms with Crippen LogP contribution >= 0.6 is 0 Å². The summed E-state index contributed by atoms with van der Waals surface area (Å²) in [5.74, 6) is 0.877. The van der Waals surface area contributed by atoms with E-state index in [0.29, 0.717) is 18.0 Å². The molecule has 1 aliphatic rings. The van der Waals surface area contributed by atoms with Crippen LogP contribution < -0.4 is 11.2 Å². The summed E-state index contributed by atoms with van der Waals surface area (Å²) in [6, 6.07) is 7.34. The van der Waals surface area contributed by atoms with E-state index in [2.05, 4.69) is 27.9 Å². The Morgan fingerprint density at radius 1 is 1.18 bits per heavy atom. The molecule has 6 nitrogen and oxygen atoms in total. The van der Waals surface area contributed by atoms with E-state index in [-0.39, 0.29) is 17.1 Å². The van der Waals surface area contributed by atoms with Gasteiger partial charge in [0.25, 0.3) is 5.56 Å². The highest BCUT2D eigenvalue weighted by molar-refractivity contribution is 5.83. The van der Waals surface area contributed by atoms with Gasteiger partial charge in [-0.15, -0.1) is 0 Å². The van der Waals surface area contributed by atoms with E-state index in [4.69, 9.17) is 4.42 Å². The van der Waals surface area contributed by atoms with Crippen LogP contribution in [-0.4, -0.2) is 28.0 Å². The van der Waals surface area contributed by atoms with Crippen molar-refractivity contribution in [2.24, 2.45) is 0 Å². The monoisotopic (exact) mass is 379 g/mol. The minimum absolute atomic E-state index is 0.0998. The summed E-state index contributed by atoms with van der Waals surface area (Å²) in [5, 5.41) is 1.00. The molecular formula is C22H25N3O3. The summed E-state index contributed by atoms with van der Waals surface area (Å²) in [5.41, 5.74) is 4.25. The first-order chi connectivity index (χ1) is 13.4. The van der Waals surface area contributed by atoms with Gasteiger partial charge in [-0.05, 0) is 62.9 Å². The SMILES string of the molecule is Cc1cc(C)c2oc(=O)cc(CN3CCCC(c4cc(=O)[nH]c(C)n4)C3)c2c1. The van der Waals surface area contributed by atoms with Crippen molar-refractivity contribution in [3.63, 3.8) is 0 Å². The van der Waals surface area contributed by atoms with Crippen LogP contribution in [0.15, 0.2) is 38.3 Å². The molecule has 6 heteroatoms. The van der Waals surface area contributed by atoms with E-state index in [9.17, 15) is 9.59 Å². The third-order valence-corrected chi connectivity index (χ3v) is 5.46. The summed E-state index contributed by atoms with van der Waals surface area (Å²) < 4.78 is 5.47. The van der Waals surface area contributed by atoms with Gasteiger partial charge in [-0.3, -0.25) is 9.69 Å². The van der Waals surface area contributed by atoms with Crippen molar-refractivity contribution in [3.8, 4) is 0 Å². The van der Waals surface area contributed by atoms with E-state index >= 15 is 0 Å². The Hall–Kier alpha value is -2.73. The summed E-state index contributed by atoms with van der Waals surface area (Å²) in [6.07, 6.45) is 2.05. The molecule has 0 amide bonds. The zero-order chi connectivity index (χ0) is 19.8. The second-order valence-corrected chi connectivity index (χ2v) is 7.88. The van der Waals surface area contributed by atoms with Crippen LogP contribution in [0.25, 0.3) is 11.0 Å². The van der Waals surface area contributed by atoms with Crippen LogP contribution in [0.4, 0.5) is 0 Å². The standard InChI is InChI=1S/C22H25N3O3/c1-13-7-14(2)22-18(8-13)17(9-21(27)28-22)12-25-6-4-5-16(11-25)19-10-20(26)24-15(3)23-19/h7-10,16H,4-6,11-12H2,1-3H3,(H,23,24,26). The molecule has 3 heterocycles. The van der Waals surface area contributed by atoms with Gasteiger partial charge in [0.1, 0.15) is 11.4 Å². The molecule has 28 heavy (non-hydrogen) atoms. The molecule has 3 aromatic rings. The molecule has 1 fully saturated rings. The number of benzene rings is 1. The topological polar surface area (TPSA) is 79.2 Å². The number of nitrogens with zero attached hydrogens (tertiary/aromatic N) is 2. The van der Waals surface area contributed by atoms with Crippen molar-refractivity contribution in [2.75, 3.05) is 13.1 Å². The lowest BCUT2D eigenvalue weighted by Crippen LogP contribution is -2.35. The fraction of sp³-hybridized carbons (Fsp3) is 0.409. The number of hydrogen-bond donors (Lipinski definition) is 1. The smallest absolute Gasteiger partial charge is 0.336 e. The Morgan fingerprint density at radius 2 is 2.00 bits per heavy atom. The third kappa shape index (κ3) is 3.78. The maximum Gasteiger partial charge on any atom is 0.336 e. The first-order valence-electron chi connectivity index (χ1n) is 9.73. The molecule has 1 saturated heterocycles. The summed E-state index contributed by atoms with van der Waals surface area (Å²) in [6.45, 7) is 8.31. The highest BCUT2D eigenvalue weighted by Gasteiger charge is 2.24. The molecule has 1 unspecified atom stereocenters. The van der Waals surface area contributed by atoms with Crippen molar-refractivity contribution < 1.29 is 4.42 Å². The van der Waals surface area contributed by atoms with Crippen LogP contribution in [0.2, 0.25) is 0 Å². The second kappa shape index (κ2) is 7.36.